The number of rotatable bonds is 5. The van der Waals surface area contributed by atoms with Gasteiger partial charge >= 0.3 is 5.97 Å². The van der Waals surface area contributed by atoms with Crippen molar-refractivity contribution in [1.82, 2.24) is 9.80 Å². The normalized spacial score (nSPS) is 22.4. The molecule has 0 radical (unpaired) electrons. The van der Waals surface area contributed by atoms with E-state index in [1.165, 1.54) is 7.11 Å². The summed E-state index contributed by atoms with van der Waals surface area (Å²) in [6, 6.07) is 0. The topological polar surface area (TPSA) is 42.0 Å². The summed E-state index contributed by atoms with van der Waals surface area (Å²) in [5, 5.41) is 0. The predicted molar refractivity (Wildman–Crippen MR) is 61.4 cm³/mol. The molecule has 16 heavy (non-hydrogen) atoms. The lowest BCUT2D eigenvalue weighted by Crippen LogP contribution is -2.47. The molecular formula is C11H22N2O3. The summed E-state index contributed by atoms with van der Waals surface area (Å²) in [4.78, 5) is 15.4. The van der Waals surface area contributed by atoms with Crippen molar-refractivity contribution < 1.29 is 14.3 Å². The molecule has 0 spiro atoms. The van der Waals surface area contributed by atoms with Crippen molar-refractivity contribution in [3.8, 4) is 0 Å². The van der Waals surface area contributed by atoms with Gasteiger partial charge in [0.25, 0.3) is 0 Å². The standard InChI is InChI=1S/C11H22N2O3/c1-4-13-5-6-16-10(8-13)7-12(2)9-11(14)15-3/h10H,4-9H2,1-3H3. The van der Waals surface area contributed by atoms with Crippen LogP contribution in [-0.4, -0.2) is 75.4 Å². The Morgan fingerprint density at radius 3 is 3.00 bits per heavy atom. The fourth-order valence-corrected chi connectivity index (χ4v) is 1.88. The maximum Gasteiger partial charge on any atom is 0.319 e. The largest absolute Gasteiger partial charge is 0.468 e. The first-order valence-electron chi connectivity index (χ1n) is 5.75. The summed E-state index contributed by atoms with van der Waals surface area (Å²) in [7, 11) is 3.32. The molecule has 0 aromatic heterocycles. The minimum atomic E-state index is -0.203. The van der Waals surface area contributed by atoms with E-state index in [1.54, 1.807) is 0 Å². The van der Waals surface area contributed by atoms with Crippen LogP contribution >= 0.6 is 0 Å². The quantitative estimate of drug-likeness (QED) is 0.613. The highest BCUT2D eigenvalue weighted by Crippen LogP contribution is 2.05. The van der Waals surface area contributed by atoms with Crippen molar-refractivity contribution in [2.75, 3.05) is 53.5 Å². The van der Waals surface area contributed by atoms with E-state index in [9.17, 15) is 4.79 Å². The Balaban J connectivity index is 2.27. The number of methoxy groups -OCH3 is 1. The number of ether oxygens (including phenoxy) is 2. The summed E-state index contributed by atoms with van der Waals surface area (Å²) in [5.41, 5.74) is 0. The van der Waals surface area contributed by atoms with Crippen molar-refractivity contribution in [1.29, 1.82) is 0 Å². The van der Waals surface area contributed by atoms with E-state index in [1.807, 2.05) is 11.9 Å². The van der Waals surface area contributed by atoms with Crippen LogP contribution in [0.4, 0.5) is 0 Å². The number of hydrogen-bond donors (Lipinski definition) is 0. The molecule has 0 aromatic carbocycles. The van der Waals surface area contributed by atoms with Gasteiger partial charge in [-0.3, -0.25) is 14.6 Å². The minimum Gasteiger partial charge on any atom is -0.468 e. The predicted octanol–water partition coefficient (Wildman–Crippen LogP) is -0.188. The Hall–Kier alpha value is -0.650. The molecule has 0 saturated carbocycles. The SMILES string of the molecule is CCN1CCOC(CN(C)CC(=O)OC)C1. The van der Waals surface area contributed by atoms with E-state index in [2.05, 4.69) is 16.6 Å². The van der Waals surface area contributed by atoms with Gasteiger partial charge in [-0.25, -0.2) is 0 Å². The number of morpholine rings is 1. The van der Waals surface area contributed by atoms with Gasteiger partial charge in [0.15, 0.2) is 0 Å². The molecule has 0 amide bonds. The molecular weight excluding hydrogens is 208 g/mol. The highest BCUT2D eigenvalue weighted by molar-refractivity contribution is 5.71. The van der Waals surface area contributed by atoms with E-state index in [0.717, 1.165) is 32.8 Å². The van der Waals surface area contributed by atoms with E-state index >= 15 is 0 Å². The smallest absolute Gasteiger partial charge is 0.319 e. The van der Waals surface area contributed by atoms with Crippen molar-refractivity contribution >= 4 is 5.97 Å². The average molecular weight is 230 g/mol. The molecule has 5 nitrogen and oxygen atoms in total. The summed E-state index contributed by atoms with van der Waals surface area (Å²) < 4.78 is 10.3. The lowest BCUT2D eigenvalue weighted by molar-refractivity contribution is -0.142. The number of likely N-dealkylation sites (N-methyl/N-ethyl adjacent to an activating group) is 2. The van der Waals surface area contributed by atoms with Crippen molar-refractivity contribution in [2.24, 2.45) is 0 Å². The van der Waals surface area contributed by atoms with Gasteiger partial charge in [-0.15, -0.1) is 0 Å². The van der Waals surface area contributed by atoms with Crippen molar-refractivity contribution in [2.45, 2.75) is 13.0 Å². The molecule has 0 aliphatic carbocycles. The van der Waals surface area contributed by atoms with Crippen molar-refractivity contribution in [3.63, 3.8) is 0 Å². The van der Waals surface area contributed by atoms with E-state index < -0.39 is 0 Å². The van der Waals surface area contributed by atoms with Crippen LogP contribution in [0, 0.1) is 0 Å². The number of esters is 1. The number of carbonyl (C=O) groups excluding carboxylic acids is 1. The summed E-state index contributed by atoms with van der Waals surface area (Å²) in [5.74, 6) is -0.203. The van der Waals surface area contributed by atoms with Crippen LogP contribution in [0.5, 0.6) is 0 Å². The minimum absolute atomic E-state index is 0.198. The van der Waals surface area contributed by atoms with Gasteiger partial charge in [0.1, 0.15) is 0 Å². The van der Waals surface area contributed by atoms with E-state index in [-0.39, 0.29) is 12.1 Å². The third-order valence-electron chi connectivity index (χ3n) is 2.81. The van der Waals surface area contributed by atoms with Gasteiger partial charge in [0.2, 0.25) is 0 Å². The van der Waals surface area contributed by atoms with Gasteiger partial charge < -0.3 is 9.47 Å². The molecule has 5 heteroatoms. The highest BCUT2D eigenvalue weighted by atomic mass is 16.5. The summed E-state index contributed by atoms with van der Waals surface area (Å²) in [6.07, 6.45) is 0.198. The van der Waals surface area contributed by atoms with Gasteiger partial charge in [-0.2, -0.15) is 0 Å². The van der Waals surface area contributed by atoms with Crippen LogP contribution in [0.2, 0.25) is 0 Å². The van der Waals surface area contributed by atoms with Crippen molar-refractivity contribution in [3.05, 3.63) is 0 Å². The fraction of sp³-hybridized carbons (Fsp3) is 0.909. The Bertz CT molecular complexity index is 223. The van der Waals surface area contributed by atoms with Crippen LogP contribution < -0.4 is 0 Å². The van der Waals surface area contributed by atoms with Crippen LogP contribution in [0.15, 0.2) is 0 Å². The Morgan fingerprint density at radius 1 is 1.62 bits per heavy atom. The first kappa shape index (κ1) is 13.4. The van der Waals surface area contributed by atoms with Crippen LogP contribution in [0.1, 0.15) is 6.92 Å². The maximum atomic E-state index is 11.1. The number of hydrogen-bond acceptors (Lipinski definition) is 5. The molecule has 1 unspecified atom stereocenters. The lowest BCUT2D eigenvalue weighted by atomic mass is 10.2. The second-order valence-electron chi connectivity index (χ2n) is 4.16. The van der Waals surface area contributed by atoms with Gasteiger partial charge in [0, 0.05) is 19.6 Å². The summed E-state index contributed by atoms with van der Waals surface area (Å²) in [6.45, 7) is 7.04. The zero-order chi connectivity index (χ0) is 12.0. The first-order chi connectivity index (χ1) is 7.65. The van der Waals surface area contributed by atoms with E-state index in [0.29, 0.717) is 6.54 Å². The molecule has 94 valence electrons. The monoisotopic (exact) mass is 230 g/mol. The second-order valence-corrected chi connectivity index (χ2v) is 4.16. The molecule has 1 heterocycles. The average Bonchev–Trinajstić information content (AvgIpc) is 2.28. The third-order valence-corrected chi connectivity index (χ3v) is 2.81. The van der Waals surface area contributed by atoms with Gasteiger partial charge in [-0.1, -0.05) is 6.92 Å². The highest BCUT2D eigenvalue weighted by Gasteiger charge is 2.21. The van der Waals surface area contributed by atoms with E-state index in [4.69, 9.17) is 4.74 Å². The Labute approximate surface area is 97.3 Å². The van der Waals surface area contributed by atoms with Gasteiger partial charge in [-0.05, 0) is 13.6 Å². The molecule has 1 rings (SSSR count). The molecule has 1 aliphatic heterocycles. The van der Waals surface area contributed by atoms with Crippen LogP contribution in [0.3, 0.4) is 0 Å². The Kier molecular flexibility index (Phi) is 5.73. The third kappa shape index (κ3) is 4.47. The molecule has 1 atom stereocenters. The lowest BCUT2D eigenvalue weighted by Gasteiger charge is -2.33. The zero-order valence-electron chi connectivity index (χ0n) is 10.4. The molecule has 0 aromatic rings. The molecule has 1 aliphatic rings. The zero-order valence-corrected chi connectivity index (χ0v) is 10.4. The summed E-state index contributed by atoms with van der Waals surface area (Å²) >= 11 is 0. The number of carbonyl (C=O) groups is 1. The van der Waals surface area contributed by atoms with Crippen LogP contribution in [0.25, 0.3) is 0 Å². The molecule has 1 saturated heterocycles. The van der Waals surface area contributed by atoms with Crippen LogP contribution in [-0.2, 0) is 14.3 Å². The Morgan fingerprint density at radius 2 is 2.38 bits per heavy atom. The fourth-order valence-electron chi connectivity index (χ4n) is 1.88. The maximum absolute atomic E-state index is 11.1. The molecule has 0 bridgehead atoms. The second kappa shape index (κ2) is 6.83. The molecule has 0 N–H and O–H groups in total. The first-order valence-corrected chi connectivity index (χ1v) is 5.75. The van der Waals surface area contributed by atoms with Gasteiger partial charge in [0.05, 0.1) is 26.4 Å². The molecule has 1 fully saturated rings. The number of nitrogens with zero attached hydrogens (tertiary/aromatic N) is 2.